The third-order valence-electron chi connectivity index (χ3n) is 2.33. The minimum absolute atomic E-state index is 0. The van der Waals surface area contributed by atoms with Gasteiger partial charge in [0.05, 0.1) is 0 Å². The fourth-order valence-electron chi connectivity index (χ4n) is 1.22. The number of rotatable bonds is 7. The molecule has 0 fully saturated rings. The summed E-state index contributed by atoms with van der Waals surface area (Å²) in [6, 6.07) is 0.295. The van der Waals surface area contributed by atoms with Gasteiger partial charge >= 0.3 is 74.1 Å². The first-order valence-corrected chi connectivity index (χ1v) is 7.87. The Morgan fingerprint density at radius 2 is 1.26 bits per heavy atom. The standard InChI is InChI=1S/C10H4F10O4S2.K/c11-4-1-5(12)3-6(2-4)25-9(17,18)7(13,14)24-8(15,16)10(19,20)26(21,22)23;/h1-3H,(H,21,22,23);/q;+1/p-1. The summed E-state index contributed by atoms with van der Waals surface area (Å²) in [5.41, 5.74) is 0. The molecule has 0 unspecified atom stereocenters. The zero-order valence-electron chi connectivity index (χ0n) is 12.5. The van der Waals surface area contributed by atoms with E-state index >= 15 is 0 Å². The molecule has 0 aliphatic rings. The summed E-state index contributed by atoms with van der Waals surface area (Å²) in [7, 11) is -7.29. The molecule has 0 N–H and O–H groups in total. The van der Waals surface area contributed by atoms with Crippen LogP contribution in [0, 0.1) is 11.6 Å². The van der Waals surface area contributed by atoms with Gasteiger partial charge in [0.15, 0.2) is 10.1 Å². The molecule has 0 aliphatic carbocycles. The number of benzene rings is 1. The summed E-state index contributed by atoms with van der Waals surface area (Å²) >= 11 is -1.45. The maximum absolute atomic E-state index is 13.4. The summed E-state index contributed by atoms with van der Waals surface area (Å²) in [4.78, 5) is -1.28. The van der Waals surface area contributed by atoms with Crippen molar-refractivity contribution in [3.63, 3.8) is 0 Å². The average molecular weight is 480 g/mol. The minimum atomic E-state index is -7.29. The zero-order valence-corrected chi connectivity index (χ0v) is 17.2. The predicted molar refractivity (Wildman–Crippen MR) is 62.8 cm³/mol. The fraction of sp³-hybridized carbons (Fsp3) is 0.400. The fourth-order valence-corrected chi connectivity index (χ4v) is 2.35. The number of halogens is 10. The van der Waals surface area contributed by atoms with Gasteiger partial charge in [-0.15, -0.1) is 0 Å². The summed E-state index contributed by atoms with van der Waals surface area (Å²) in [5.74, 6) is -3.05. The molecule has 1 rings (SSSR count). The molecule has 17 heteroatoms. The second-order valence-corrected chi connectivity index (χ2v) is 6.94. The van der Waals surface area contributed by atoms with Gasteiger partial charge in [-0.25, -0.2) is 21.9 Å². The molecule has 4 nitrogen and oxygen atoms in total. The van der Waals surface area contributed by atoms with E-state index in [0.717, 1.165) is 0 Å². The van der Waals surface area contributed by atoms with E-state index in [1.807, 2.05) is 4.74 Å². The van der Waals surface area contributed by atoms with Crippen LogP contribution in [0.5, 0.6) is 0 Å². The molecular weight excluding hydrogens is 477 g/mol. The van der Waals surface area contributed by atoms with E-state index in [4.69, 9.17) is 0 Å². The Kier molecular flexibility index (Phi) is 8.75. The van der Waals surface area contributed by atoms with Crippen molar-refractivity contribution < 1.29 is 113 Å². The Balaban J connectivity index is 0.00000676. The molecule has 0 aromatic heterocycles. The first-order chi connectivity index (χ1) is 11.3. The molecule has 0 heterocycles. The van der Waals surface area contributed by atoms with Crippen molar-refractivity contribution in [2.24, 2.45) is 0 Å². The van der Waals surface area contributed by atoms with Crippen molar-refractivity contribution in [3.8, 4) is 0 Å². The van der Waals surface area contributed by atoms with Crippen LogP contribution in [0.15, 0.2) is 23.1 Å². The molecule has 0 saturated heterocycles. The van der Waals surface area contributed by atoms with Crippen molar-refractivity contribution in [1.82, 2.24) is 0 Å². The molecule has 0 bridgehead atoms. The van der Waals surface area contributed by atoms with Crippen molar-refractivity contribution in [2.45, 2.75) is 27.6 Å². The van der Waals surface area contributed by atoms with Gasteiger partial charge < -0.3 is 4.55 Å². The topological polar surface area (TPSA) is 66.4 Å². The van der Waals surface area contributed by atoms with E-state index in [1.165, 1.54) is 0 Å². The molecule has 0 aliphatic heterocycles. The van der Waals surface area contributed by atoms with Gasteiger partial charge in [0.1, 0.15) is 11.6 Å². The predicted octanol–water partition coefficient (Wildman–Crippen LogP) is 0.994. The van der Waals surface area contributed by atoms with E-state index in [-0.39, 0.29) is 69.6 Å². The second-order valence-electron chi connectivity index (χ2n) is 4.33. The van der Waals surface area contributed by atoms with Crippen molar-refractivity contribution in [1.29, 1.82) is 0 Å². The smallest absolute Gasteiger partial charge is 0.743 e. The monoisotopic (exact) mass is 480 g/mol. The molecule has 27 heavy (non-hydrogen) atoms. The minimum Gasteiger partial charge on any atom is -0.743 e. The van der Waals surface area contributed by atoms with Gasteiger partial charge in [-0.1, -0.05) is 0 Å². The number of alkyl halides is 8. The van der Waals surface area contributed by atoms with Crippen LogP contribution in [-0.2, 0) is 14.9 Å². The van der Waals surface area contributed by atoms with Gasteiger partial charge in [-0.05, 0) is 23.9 Å². The molecule has 150 valence electrons. The van der Waals surface area contributed by atoms with E-state index in [0.29, 0.717) is 0 Å². The zero-order chi connectivity index (χ0) is 20.8. The maximum Gasteiger partial charge on any atom is 1.00 e. The largest absolute Gasteiger partial charge is 1.00 e. The van der Waals surface area contributed by atoms with Gasteiger partial charge in [-0.2, -0.15) is 35.1 Å². The van der Waals surface area contributed by atoms with Crippen LogP contribution in [0.25, 0.3) is 0 Å². The normalized spacial score (nSPS) is 14.0. The molecule has 0 atom stereocenters. The van der Waals surface area contributed by atoms with Gasteiger partial charge in [-0.3, -0.25) is 0 Å². The Labute approximate surface area is 190 Å². The van der Waals surface area contributed by atoms with E-state index in [2.05, 4.69) is 0 Å². The van der Waals surface area contributed by atoms with Crippen LogP contribution in [0.2, 0.25) is 0 Å². The van der Waals surface area contributed by atoms with Crippen molar-refractivity contribution in [3.05, 3.63) is 29.8 Å². The van der Waals surface area contributed by atoms with Crippen LogP contribution in [-0.4, -0.2) is 35.7 Å². The van der Waals surface area contributed by atoms with Gasteiger partial charge in [0.25, 0.3) is 0 Å². The van der Waals surface area contributed by atoms with Crippen LogP contribution < -0.4 is 51.4 Å². The molecule has 0 saturated carbocycles. The van der Waals surface area contributed by atoms with E-state index in [9.17, 15) is 56.9 Å². The molecule has 0 spiro atoms. The number of ether oxygens (including phenoxy) is 1. The molecule has 0 radical (unpaired) electrons. The Bertz CT molecular complexity index is 766. The Hall–Kier alpha value is 0.376. The summed E-state index contributed by atoms with van der Waals surface area (Å²) in [6.45, 7) is 0. The van der Waals surface area contributed by atoms with Crippen LogP contribution in [0.3, 0.4) is 0 Å². The maximum atomic E-state index is 13.4. The van der Waals surface area contributed by atoms with E-state index < -0.39 is 61.1 Å². The summed E-state index contributed by atoms with van der Waals surface area (Å²) in [5, 5.41) is -12.7. The average Bonchev–Trinajstić information content (AvgIpc) is 2.33. The molecular formula is C10H3F10KO4S2. The first-order valence-electron chi connectivity index (χ1n) is 5.64. The van der Waals surface area contributed by atoms with Gasteiger partial charge in [0.2, 0.25) is 0 Å². The van der Waals surface area contributed by atoms with Crippen molar-refractivity contribution >= 4 is 21.9 Å². The Morgan fingerprint density at radius 1 is 0.852 bits per heavy atom. The summed E-state index contributed by atoms with van der Waals surface area (Å²) in [6.07, 6.45) is -13.4. The van der Waals surface area contributed by atoms with Gasteiger partial charge in [0, 0.05) is 11.0 Å². The Morgan fingerprint density at radius 3 is 1.63 bits per heavy atom. The number of hydrogen-bond donors (Lipinski definition) is 0. The van der Waals surface area contributed by atoms with Crippen LogP contribution >= 0.6 is 11.8 Å². The second kappa shape index (κ2) is 8.63. The van der Waals surface area contributed by atoms with E-state index in [1.54, 1.807) is 0 Å². The third-order valence-corrected chi connectivity index (χ3v) is 4.16. The first kappa shape index (κ1) is 27.4. The SMILES string of the molecule is O=S(=O)([O-])C(F)(F)C(F)(F)OC(F)(F)C(F)(F)Sc1cc(F)cc(F)c1.[K+]. The quantitative estimate of drug-likeness (QED) is 0.252. The number of thioether (sulfide) groups is 1. The molecule has 1 aromatic rings. The van der Waals surface area contributed by atoms with Crippen molar-refractivity contribution in [2.75, 3.05) is 0 Å². The summed E-state index contributed by atoms with van der Waals surface area (Å²) < 4.78 is 162. The van der Waals surface area contributed by atoms with Crippen LogP contribution in [0.4, 0.5) is 43.9 Å². The number of hydrogen-bond acceptors (Lipinski definition) is 5. The third kappa shape index (κ3) is 6.18. The van der Waals surface area contributed by atoms with Crippen LogP contribution in [0.1, 0.15) is 0 Å². The molecule has 1 aromatic carbocycles. The molecule has 0 amide bonds.